The monoisotopic (exact) mass is 271 g/mol. The second-order valence-corrected chi connectivity index (χ2v) is 5.71. The summed E-state index contributed by atoms with van der Waals surface area (Å²) >= 11 is 0. The third-order valence-electron chi connectivity index (χ3n) is 4.27. The molecule has 1 heterocycles. The maximum absolute atomic E-state index is 12.1. The third-order valence-corrected chi connectivity index (χ3v) is 4.27. The molecule has 1 aliphatic rings. The van der Waals surface area contributed by atoms with Gasteiger partial charge in [0.1, 0.15) is 0 Å². The number of para-hydroxylation sites is 1. The molecule has 2 aromatic rings. The summed E-state index contributed by atoms with van der Waals surface area (Å²) in [6, 6.07) is 8.16. The molecule has 1 aromatic carbocycles. The average molecular weight is 271 g/mol. The fraction of sp³-hybridized carbons (Fsp3) is 0.438. The van der Waals surface area contributed by atoms with Crippen LogP contribution in [0.4, 0.5) is 10.5 Å². The molecule has 0 radical (unpaired) electrons. The molecular formula is C16H21N3O. The number of rotatable bonds is 2. The standard InChI is InChI=1S/C16H21N3O/c1-11-6-2-4-8-13(11)18-16(20)19-15-10-17-14-9-5-3-7-12(14)15/h3,5,7,9-11,13,17H,2,4,6,8H2,1H3,(H2,18,19,20)/t11-,13+/m0/s1. The molecule has 0 saturated heterocycles. The summed E-state index contributed by atoms with van der Waals surface area (Å²) in [5, 5.41) is 7.10. The van der Waals surface area contributed by atoms with Crippen LogP contribution in [0.1, 0.15) is 32.6 Å². The van der Waals surface area contributed by atoms with Gasteiger partial charge in [0.15, 0.2) is 0 Å². The number of benzene rings is 1. The normalized spacial score (nSPS) is 22.6. The van der Waals surface area contributed by atoms with Crippen LogP contribution in [0.5, 0.6) is 0 Å². The van der Waals surface area contributed by atoms with Crippen LogP contribution in [0.25, 0.3) is 10.9 Å². The van der Waals surface area contributed by atoms with Crippen molar-refractivity contribution in [2.45, 2.75) is 38.6 Å². The number of hydrogen-bond acceptors (Lipinski definition) is 1. The number of urea groups is 1. The Morgan fingerprint density at radius 2 is 2.05 bits per heavy atom. The number of anilines is 1. The van der Waals surface area contributed by atoms with Gasteiger partial charge in [-0.05, 0) is 24.8 Å². The first-order valence-electron chi connectivity index (χ1n) is 7.37. The molecule has 2 atom stereocenters. The fourth-order valence-electron chi connectivity index (χ4n) is 3.03. The van der Waals surface area contributed by atoms with E-state index in [2.05, 4.69) is 22.5 Å². The van der Waals surface area contributed by atoms with Gasteiger partial charge in [-0.1, -0.05) is 38.0 Å². The van der Waals surface area contributed by atoms with Crippen LogP contribution in [-0.2, 0) is 0 Å². The highest BCUT2D eigenvalue weighted by molar-refractivity contribution is 6.01. The van der Waals surface area contributed by atoms with Crippen LogP contribution in [0, 0.1) is 5.92 Å². The zero-order valence-corrected chi connectivity index (χ0v) is 11.8. The van der Waals surface area contributed by atoms with E-state index in [-0.39, 0.29) is 6.03 Å². The lowest BCUT2D eigenvalue weighted by atomic mass is 9.86. The number of H-pyrrole nitrogens is 1. The summed E-state index contributed by atoms with van der Waals surface area (Å²) in [5.74, 6) is 0.567. The molecule has 0 aliphatic heterocycles. The highest BCUT2D eigenvalue weighted by atomic mass is 16.2. The first-order chi connectivity index (χ1) is 9.74. The predicted octanol–water partition coefficient (Wildman–Crippen LogP) is 3.87. The van der Waals surface area contributed by atoms with Crippen molar-refractivity contribution in [3.8, 4) is 0 Å². The fourth-order valence-corrected chi connectivity index (χ4v) is 3.03. The molecule has 4 heteroatoms. The van der Waals surface area contributed by atoms with Crippen molar-refractivity contribution in [3.63, 3.8) is 0 Å². The Morgan fingerprint density at radius 1 is 1.25 bits per heavy atom. The van der Waals surface area contributed by atoms with Gasteiger partial charge in [0.05, 0.1) is 5.69 Å². The molecule has 3 rings (SSSR count). The highest BCUT2D eigenvalue weighted by Gasteiger charge is 2.22. The molecule has 1 fully saturated rings. The molecule has 1 aliphatic carbocycles. The number of fused-ring (bicyclic) bond motifs is 1. The first-order valence-corrected chi connectivity index (χ1v) is 7.37. The molecule has 20 heavy (non-hydrogen) atoms. The molecule has 4 nitrogen and oxygen atoms in total. The second kappa shape index (κ2) is 5.57. The molecule has 106 valence electrons. The number of carbonyl (C=O) groups excluding carboxylic acids is 1. The van der Waals surface area contributed by atoms with Crippen molar-refractivity contribution < 1.29 is 4.79 Å². The largest absolute Gasteiger partial charge is 0.359 e. The van der Waals surface area contributed by atoms with Crippen LogP contribution in [0.15, 0.2) is 30.5 Å². The third kappa shape index (κ3) is 2.64. The summed E-state index contributed by atoms with van der Waals surface area (Å²) in [6.07, 6.45) is 6.63. The van der Waals surface area contributed by atoms with Gasteiger partial charge in [0.25, 0.3) is 0 Å². The summed E-state index contributed by atoms with van der Waals surface area (Å²) in [5.41, 5.74) is 1.87. The van der Waals surface area contributed by atoms with E-state index in [0.29, 0.717) is 12.0 Å². The number of nitrogens with one attached hydrogen (secondary N) is 3. The summed E-state index contributed by atoms with van der Waals surface area (Å²) < 4.78 is 0. The Hall–Kier alpha value is -1.97. The van der Waals surface area contributed by atoms with Crippen molar-refractivity contribution in [2.75, 3.05) is 5.32 Å². The number of carbonyl (C=O) groups is 1. The predicted molar refractivity (Wildman–Crippen MR) is 81.9 cm³/mol. The molecule has 1 aromatic heterocycles. The van der Waals surface area contributed by atoms with Gasteiger partial charge < -0.3 is 15.6 Å². The molecular weight excluding hydrogens is 250 g/mol. The van der Waals surface area contributed by atoms with Gasteiger partial charge in [0.2, 0.25) is 0 Å². The number of aromatic nitrogens is 1. The van der Waals surface area contributed by atoms with E-state index in [4.69, 9.17) is 0 Å². The van der Waals surface area contributed by atoms with E-state index in [9.17, 15) is 4.79 Å². The molecule has 0 bridgehead atoms. The zero-order chi connectivity index (χ0) is 13.9. The molecule has 0 unspecified atom stereocenters. The number of hydrogen-bond donors (Lipinski definition) is 3. The smallest absolute Gasteiger partial charge is 0.319 e. The Balaban J connectivity index is 1.66. The molecule has 3 N–H and O–H groups in total. The summed E-state index contributed by atoms with van der Waals surface area (Å²) in [7, 11) is 0. The lowest BCUT2D eigenvalue weighted by Gasteiger charge is -2.29. The van der Waals surface area contributed by atoms with E-state index in [1.165, 1.54) is 19.3 Å². The Kier molecular flexibility index (Phi) is 3.63. The van der Waals surface area contributed by atoms with Crippen LogP contribution in [0.3, 0.4) is 0 Å². The Morgan fingerprint density at radius 3 is 2.90 bits per heavy atom. The molecule has 0 spiro atoms. The lowest BCUT2D eigenvalue weighted by molar-refractivity contribution is 0.232. The number of aromatic amines is 1. The highest BCUT2D eigenvalue weighted by Crippen LogP contribution is 2.25. The van der Waals surface area contributed by atoms with Gasteiger partial charge in [-0.25, -0.2) is 4.79 Å². The minimum Gasteiger partial charge on any atom is -0.359 e. The molecule has 1 saturated carbocycles. The van der Waals surface area contributed by atoms with Gasteiger partial charge >= 0.3 is 6.03 Å². The maximum atomic E-state index is 12.1. The Bertz CT molecular complexity index is 605. The van der Waals surface area contributed by atoms with E-state index in [0.717, 1.165) is 23.0 Å². The van der Waals surface area contributed by atoms with Crippen LogP contribution in [-0.4, -0.2) is 17.1 Å². The zero-order valence-electron chi connectivity index (χ0n) is 11.8. The van der Waals surface area contributed by atoms with E-state index in [1.807, 2.05) is 30.5 Å². The van der Waals surface area contributed by atoms with Crippen molar-refractivity contribution >= 4 is 22.6 Å². The van der Waals surface area contributed by atoms with E-state index >= 15 is 0 Å². The maximum Gasteiger partial charge on any atom is 0.319 e. The van der Waals surface area contributed by atoms with Crippen LogP contribution < -0.4 is 10.6 Å². The van der Waals surface area contributed by atoms with Crippen molar-refractivity contribution in [1.82, 2.24) is 10.3 Å². The Labute approximate surface area is 118 Å². The minimum absolute atomic E-state index is 0.103. The van der Waals surface area contributed by atoms with Crippen LogP contribution in [0.2, 0.25) is 0 Å². The first kappa shape index (κ1) is 13.0. The van der Waals surface area contributed by atoms with Crippen molar-refractivity contribution in [3.05, 3.63) is 30.5 Å². The van der Waals surface area contributed by atoms with Gasteiger partial charge in [-0.2, -0.15) is 0 Å². The van der Waals surface area contributed by atoms with Gasteiger partial charge in [-0.3, -0.25) is 0 Å². The van der Waals surface area contributed by atoms with E-state index in [1.54, 1.807) is 0 Å². The summed E-state index contributed by atoms with van der Waals surface area (Å²) in [4.78, 5) is 15.3. The quantitative estimate of drug-likeness (QED) is 0.763. The van der Waals surface area contributed by atoms with Gasteiger partial charge in [0, 0.05) is 23.1 Å². The average Bonchev–Trinajstić information content (AvgIpc) is 2.85. The molecule has 2 amide bonds. The minimum atomic E-state index is -0.103. The summed E-state index contributed by atoms with van der Waals surface area (Å²) in [6.45, 7) is 2.22. The SMILES string of the molecule is C[C@H]1CCCC[C@H]1NC(=O)Nc1c[nH]c2ccccc12. The van der Waals surface area contributed by atoms with Crippen molar-refractivity contribution in [2.24, 2.45) is 5.92 Å². The second-order valence-electron chi connectivity index (χ2n) is 5.71. The van der Waals surface area contributed by atoms with Gasteiger partial charge in [-0.15, -0.1) is 0 Å². The van der Waals surface area contributed by atoms with Crippen LogP contribution >= 0.6 is 0 Å². The van der Waals surface area contributed by atoms with E-state index < -0.39 is 0 Å². The number of amides is 2. The topological polar surface area (TPSA) is 56.9 Å². The lowest BCUT2D eigenvalue weighted by Crippen LogP contribution is -2.43. The van der Waals surface area contributed by atoms with Crippen molar-refractivity contribution in [1.29, 1.82) is 0 Å².